The summed E-state index contributed by atoms with van der Waals surface area (Å²) >= 11 is 5.08. The first kappa shape index (κ1) is 18.2. The Kier molecular flexibility index (Phi) is 6.56. The molecule has 4 nitrogen and oxygen atoms in total. The van der Waals surface area contributed by atoms with Crippen molar-refractivity contribution in [3.63, 3.8) is 0 Å². The van der Waals surface area contributed by atoms with Crippen LogP contribution in [-0.4, -0.2) is 16.6 Å². The molecule has 0 unspecified atom stereocenters. The Morgan fingerprint density at radius 2 is 1.73 bits per heavy atom. The SMILES string of the molecule is CC(C)c1ccc(/C=C/C(=O)NNC(=S)NC(C)(C)C)cc1. The molecule has 0 aliphatic rings. The van der Waals surface area contributed by atoms with E-state index in [0.717, 1.165) is 5.56 Å². The maximum atomic E-state index is 11.7. The molecule has 0 bridgehead atoms. The maximum Gasteiger partial charge on any atom is 0.262 e. The molecule has 0 aromatic heterocycles. The Bertz CT molecular complexity index is 542. The predicted molar refractivity (Wildman–Crippen MR) is 96.3 cm³/mol. The van der Waals surface area contributed by atoms with Gasteiger partial charge in [-0.1, -0.05) is 38.1 Å². The van der Waals surface area contributed by atoms with Crippen LogP contribution in [0.15, 0.2) is 30.3 Å². The highest BCUT2D eigenvalue weighted by molar-refractivity contribution is 7.80. The fraction of sp³-hybridized carbons (Fsp3) is 0.412. The van der Waals surface area contributed by atoms with Crippen molar-refractivity contribution in [1.29, 1.82) is 0 Å². The van der Waals surface area contributed by atoms with E-state index >= 15 is 0 Å². The average Bonchev–Trinajstić information content (AvgIpc) is 2.41. The molecular formula is C17H25N3OS. The van der Waals surface area contributed by atoms with Gasteiger partial charge >= 0.3 is 0 Å². The Balaban J connectivity index is 2.46. The lowest BCUT2D eigenvalue weighted by atomic mass is 10.0. The molecule has 22 heavy (non-hydrogen) atoms. The molecule has 0 heterocycles. The van der Waals surface area contributed by atoms with E-state index in [4.69, 9.17) is 12.2 Å². The minimum Gasteiger partial charge on any atom is -0.357 e. The van der Waals surface area contributed by atoms with Crippen molar-refractivity contribution < 1.29 is 4.79 Å². The molecule has 0 atom stereocenters. The topological polar surface area (TPSA) is 53.2 Å². The van der Waals surface area contributed by atoms with Gasteiger partial charge in [0.15, 0.2) is 5.11 Å². The predicted octanol–water partition coefficient (Wildman–Crippen LogP) is 3.12. The van der Waals surface area contributed by atoms with E-state index in [0.29, 0.717) is 11.0 Å². The van der Waals surface area contributed by atoms with E-state index in [2.05, 4.69) is 42.1 Å². The Morgan fingerprint density at radius 3 is 2.23 bits per heavy atom. The van der Waals surface area contributed by atoms with Crippen molar-refractivity contribution in [3.05, 3.63) is 41.5 Å². The summed E-state index contributed by atoms with van der Waals surface area (Å²) in [5.74, 6) is 0.243. The number of benzene rings is 1. The normalized spacial score (nSPS) is 11.5. The summed E-state index contributed by atoms with van der Waals surface area (Å²) < 4.78 is 0. The van der Waals surface area contributed by atoms with E-state index in [1.165, 1.54) is 11.6 Å². The molecule has 0 aliphatic carbocycles. The van der Waals surface area contributed by atoms with Crippen LogP contribution < -0.4 is 16.2 Å². The molecule has 1 amide bonds. The van der Waals surface area contributed by atoms with Gasteiger partial charge in [0.1, 0.15) is 0 Å². The summed E-state index contributed by atoms with van der Waals surface area (Å²) in [7, 11) is 0. The minimum atomic E-state index is -0.258. The van der Waals surface area contributed by atoms with Crippen LogP contribution in [0, 0.1) is 0 Å². The van der Waals surface area contributed by atoms with Gasteiger partial charge in [0, 0.05) is 11.6 Å². The molecule has 0 saturated carbocycles. The van der Waals surface area contributed by atoms with Crippen LogP contribution in [0.2, 0.25) is 0 Å². The molecular weight excluding hydrogens is 294 g/mol. The molecule has 0 spiro atoms. The molecule has 0 saturated heterocycles. The van der Waals surface area contributed by atoms with E-state index in [-0.39, 0.29) is 11.4 Å². The smallest absolute Gasteiger partial charge is 0.262 e. The summed E-state index contributed by atoms with van der Waals surface area (Å²) in [5.41, 5.74) is 7.31. The van der Waals surface area contributed by atoms with Gasteiger partial charge in [0.05, 0.1) is 0 Å². The zero-order chi connectivity index (χ0) is 16.8. The monoisotopic (exact) mass is 319 g/mol. The van der Waals surface area contributed by atoms with Crippen LogP contribution in [0.5, 0.6) is 0 Å². The second-order valence-electron chi connectivity index (χ2n) is 6.47. The summed E-state index contributed by atoms with van der Waals surface area (Å²) in [5, 5.41) is 3.43. The highest BCUT2D eigenvalue weighted by atomic mass is 32.1. The molecule has 1 aromatic carbocycles. The Morgan fingerprint density at radius 1 is 1.14 bits per heavy atom. The first-order valence-corrected chi connectivity index (χ1v) is 7.74. The molecule has 1 rings (SSSR count). The van der Waals surface area contributed by atoms with Gasteiger partial charge in [0.25, 0.3) is 5.91 Å². The van der Waals surface area contributed by atoms with Crippen molar-refractivity contribution >= 4 is 29.3 Å². The standard InChI is InChI=1S/C17H25N3OS/c1-12(2)14-9-6-13(7-10-14)8-11-15(21)19-20-16(22)18-17(3,4)5/h6-12H,1-5H3,(H,19,21)(H2,18,20,22)/b11-8+. The van der Waals surface area contributed by atoms with Crippen molar-refractivity contribution in [1.82, 2.24) is 16.2 Å². The van der Waals surface area contributed by atoms with Gasteiger partial charge in [0.2, 0.25) is 0 Å². The summed E-state index contributed by atoms with van der Waals surface area (Å²) in [4.78, 5) is 11.7. The number of hydrogen-bond donors (Lipinski definition) is 3. The highest BCUT2D eigenvalue weighted by Gasteiger charge is 2.10. The summed E-state index contributed by atoms with van der Waals surface area (Å²) in [6, 6.07) is 8.14. The fourth-order valence-corrected chi connectivity index (χ4v) is 2.05. The number of nitrogens with one attached hydrogen (secondary N) is 3. The zero-order valence-electron chi connectivity index (χ0n) is 13.9. The summed E-state index contributed by atoms with van der Waals surface area (Å²) in [6.07, 6.45) is 3.23. The number of hydrogen-bond acceptors (Lipinski definition) is 2. The number of rotatable bonds is 3. The fourth-order valence-electron chi connectivity index (χ4n) is 1.70. The zero-order valence-corrected chi connectivity index (χ0v) is 14.7. The molecule has 120 valence electrons. The third-order valence-electron chi connectivity index (χ3n) is 2.82. The molecule has 0 aliphatic heterocycles. The number of amides is 1. The van der Waals surface area contributed by atoms with Crippen molar-refractivity contribution in [2.75, 3.05) is 0 Å². The third-order valence-corrected chi connectivity index (χ3v) is 3.02. The van der Waals surface area contributed by atoms with E-state index in [1.807, 2.05) is 32.9 Å². The Labute approximate surface area is 138 Å². The number of carbonyl (C=O) groups is 1. The first-order chi connectivity index (χ1) is 10.2. The molecule has 3 N–H and O–H groups in total. The van der Waals surface area contributed by atoms with Crippen LogP contribution in [0.25, 0.3) is 6.08 Å². The van der Waals surface area contributed by atoms with Gasteiger partial charge in [-0.3, -0.25) is 15.6 Å². The Hall–Kier alpha value is -1.88. The van der Waals surface area contributed by atoms with Gasteiger partial charge in [-0.25, -0.2) is 0 Å². The lowest BCUT2D eigenvalue weighted by Gasteiger charge is -2.22. The van der Waals surface area contributed by atoms with Gasteiger partial charge in [-0.2, -0.15) is 0 Å². The molecule has 0 fully saturated rings. The number of thiocarbonyl (C=S) groups is 1. The van der Waals surface area contributed by atoms with Gasteiger partial charge in [-0.15, -0.1) is 0 Å². The second-order valence-corrected chi connectivity index (χ2v) is 6.88. The van der Waals surface area contributed by atoms with Crippen molar-refractivity contribution in [2.24, 2.45) is 0 Å². The van der Waals surface area contributed by atoms with E-state index in [9.17, 15) is 4.79 Å². The molecule has 1 aromatic rings. The maximum absolute atomic E-state index is 11.7. The molecule has 5 heteroatoms. The minimum absolute atomic E-state index is 0.150. The first-order valence-electron chi connectivity index (χ1n) is 7.33. The lowest BCUT2D eigenvalue weighted by molar-refractivity contribution is -0.117. The second kappa shape index (κ2) is 7.94. The highest BCUT2D eigenvalue weighted by Crippen LogP contribution is 2.15. The number of carbonyl (C=O) groups excluding carboxylic acids is 1. The van der Waals surface area contributed by atoms with E-state index in [1.54, 1.807) is 6.08 Å². The van der Waals surface area contributed by atoms with E-state index < -0.39 is 0 Å². The quantitative estimate of drug-likeness (QED) is 0.455. The van der Waals surface area contributed by atoms with Crippen LogP contribution in [0.3, 0.4) is 0 Å². The van der Waals surface area contributed by atoms with Gasteiger partial charge in [-0.05, 0) is 56.1 Å². The lowest BCUT2D eigenvalue weighted by Crippen LogP contribution is -2.51. The molecule has 0 radical (unpaired) electrons. The van der Waals surface area contributed by atoms with Crippen molar-refractivity contribution in [3.8, 4) is 0 Å². The van der Waals surface area contributed by atoms with Crippen LogP contribution in [0.4, 0.5) is 0 Å². The third kappa shape index (κ3) is 7.22. The average molecular weight is 319 g/mol. The largest absolute Gasteiger partial charge is 0.357 e. The van der Waals surface area contributed by atoms with Gasteiger partial charge < -0.3 is 5.32 Å². The van der Waals surface area contributed by atoms with Crippen LogP contribution in [-0.2, 0) is 4.79 Å². The van der Waals surface area contributed by atoms with Crippen LogP contribution >= 0.6 is 12.2 Å². The van der Waals surface area contributed by atoms with Crippen molar-refractivity contribution in [2.45, 2.75) is 46.1 Å². The number of hydrazine groups is 1. The summed E-state index contributed by atoms with van der Waals surface area (Å²) in [6.45, 7) is 10.3. The van der Waals surface area contributed by atoms with Crippen LogP contribution in [0.1, 0.15) is 51.7 Å².